The van der Waals surface area contributed by atoms with E-state index in [0.717, 1.165) is 11.3 Å². The van der Waals surface area contributed by atoms with Crippen LogP contribution in [-0.4, -0.2) is 31.3 Å². The van der Waals surface area contributed by atoms with Gasteiger partial charge in [0.2, 0.25) is 0 Å². The molecule has 0 spiro atoms. The molecule has 0 fully saturated rings. The Morgan fingerprint density at radius 2 is 1.92 bits per heavy atom. The third kappa shape index (κ3) is 2.44. The molecule has 4 aromatic rings. The van der Waals surface area contributed by atoms with Gasteiger partial charge in [0.25, 0.3) is 11.3 Å². The van der Waals surface area contributed by atoms with Crippen LogP contribution in [0.3, 0.4) is 0 Å². The van der Waals surface area contributed by atoms with Crippen LogP contribution in [0.1, 0.15) is 17.1 Å². The second-order valence-electron chi connectivity index (χ2n) is 5.89. The van der Waals surface area contributed by atoms with Crippen molar-refractivity contribution in [1.29, 1.82) is 0 Å². The molecule has 3 heterocycles. The number of hydrogen-bond donors (Lipinski definition) is 0. The van der Waals surface area contributed by atoms with E-state index in [1.807, 2.05) is 37.3 Å². The molecule has 0 saturated heterocycles. The van der Waals surface area contributed by atoms with Crippen LogP contribution in [0.15, 0.2) is 41.3 Å². The molecular weight excluding hydrogens is 318 g/mol. The number of hydrogen-bond acceptors (Lipinski definition) is 5. The maximum absolute atomic E-state index is 13.0. The van der Waals surface area contributed by atoms with E-state index in [0.29, 0.717) is 34.7 Å². The van der Waals surface area contributed by atoms with Crippen molar-refractivity contribution in [1.82, 2.24) is 24.1 Å². The highest BCUT2D eigenvalue weighted by molar-refractivity contribution is 5.81. The number of ether oxygens (including phenoxy) is 1. The molecular formula is C18H17N5O2. The smallest absolute Gasteiger partial charge is 0.262 e. The lowest BCUT2D eigenvalue weighted by Crippen LogP contribution is -2.22. The molecule has 0 saturated carbocycles. The molecule has 0 aliphatic carbocycles. The summed E-state index contributed by atoms with van der Waals surface area (Å²) in [6, 6.07) is 9.55. The zero-order valence-electron chi connectivity index (χ0n) is 14.2. The third-order valence-electron chi connectivity index (χ3n) is 4.23. The summed E-state index contributed by atoms with van der Waals surface area (Å²) in [7, 11) is 1.62. The number of pyridine rings is 1. The Bertz CT molecular complexity index is 1160. The molecule has 4 rings (SSSR count). The summed E-state index contributed by atoms with van der Waals surface area (Å²) in [5, 5.41) is 4.89. The van der Waals surface area contributed by atoms with E-state index < -0.39 is 0 Å². The molecule has 0 aliphatic heterocycles. The summed E-state index contributed by atoms with van der Waals surface area (Å²) in [6.07, 6.45) is 1.77. The quantitative estimate of drug-likeness (QED) is 0.573. The maximum Gasteiger partial charge on any atom is 0.262 e. The van der Waals surface area contributed by atoms with Crippen LogP contribution >= 0.6 is 0 Å². The molecule has 0 unspecified atom stereocenters. The minimum absolute atomic E-state index is 0.108. The van der Waals surface area contributed by atoms with E-state index in [4.69, 9.17) is 4.74 Å². The van der Waals surface area contributed by atoms with Gasteiger partial charge in [-0.15, -0.1) is 5.10 Å². The molecule has 7 heteroatoms. The predicted octanol–water partition coefficient (Wildman–Crippen LogP) is 2.11. The molecule has 126 valence electrons. The molecule has 3 aromatic heterocycles. The summed E-state index contributed by atoms with van der Waals surface area (Å²) < 4.78 is 8.65. The molecule has 0 radical (unpaired) electrons. The van der Waals surface area contributed by atoms with E-state index in [9.17, 15) is 4.79 Å². The van der Waals surface area contributed by atoms with Crippen LogP contribution in [0.5, 0.6) is 5.75 Å². The molecule has 0 N–H and O–H groups in total. The first-order chi connectivity index (χ1) is 12.1. The van der Waals surface area contributed by atoms with Crippen LogP contribution in [0.4, 0.5) is 0 Å². The standard InChI is InChI=1S/C18H17N5O2/c1-11-16-14(23-18(19-11)20-12(2)21-23)8-9-22(17(16)24)10-13-6-4-5-7-15(13)25-3/h4-9H,10H2,1-3H3. The van der Waals surface area contributed by atoms with Crippen molar-refractivity contribution in [2.45, 2.75) is 20.4 Å². The summed E-state index contributed by atoms with van der Waals surface area (Å²) in [4.78, 5) is 21.7. The molecule has 1 aromatic carbocycles. The fourth-order valence-corrected chi connectivity index (χ4v) is 3.07. The van der Waals surface area contributed by atoms with Gasteiger partial charge in [-0.3, -0.25) is 4.79 Å². The molecule has 0 bridgehead atoms. The number of aryl methyl sites for hydroxylation is 2. The Morgan fingerprint density at radius 1 is 1.12 bits per heavy atom. The highest BCUT2D eigenvalue weighted by Crippen LogP contribution is 2.19. The van der Waals surface area contributed by atoms with Gasteiger partial charge in [-0.1, -0.05) is 18.2 Å². The zero-order valence-corrected chi connectivity index (χ0v) is 14.2. The highest BCUT2D eigenvalue weighted by Gasteiger charge is 2.14. The average Bonchev–Trinajstić information content (AvgIpc) is 2.97. The third-order valence-corrected chi connectivity index (χ3v) is 4.23. The van der Waals surface area contributed by atoms with E-state index >= 15 is 0 Å². The van der Waals surface area contributed by atoms with Crippen molar-refractivity contribution in [3.63, 3.8) is 0 Å². The zero-order chi connectivity index (χ0) is 17.6. The van der Waals surface area contributed by atoms with Gasteiger partial charge in [-0.05, 0) is 26.0 Å². The summed E-state index contributed by atoms with van der Waals surface area (Å²) in [5.74, 6) is 1.88. The Balaban J connectivity index is 1.92. The number of benzene rings is 1. The second-order valence-corrected chi connectivity index (χ2v) is 5.89. The van der Waals surface area contributed by atoms with Crippen LogP contribution in [0.2, 0.25) is 0 Å². The van der Waals surface area contributed by atoms with E-state index in [2.05, 4.69) is 15.1 Å². The van der Waals surface area contributed by atoms with Gasteiger partial charge in [-0.25, -0.2) is 4.98 Å². The summed E-state index contributed by atoms with van der Waals surface area (Å²) >= 11 is 0. The van der Waals surface area contributed by atoms with Crippen LogP contribution in [0.25, 0.3) is 16.7 Å². The first-order valence-corrected chi connectivity index (χ1v) is 7.93. The Kier molecular flexibility index (Phi) is 3.49. The lowest BCUT2D eigenvalue weighted by atomic mass is 10.2. The van der Waals surface area contributed by atoms with E-state index in [-0.39, 0.29) is 5.56 Å². The molecule has 25 heavy (non-hydrogen) atoms. The van der Waals surface area contributed by atoms with Crippen LogP contribution in [-0.2, 0) is 6.54 Å². The molecule has 0 atom stereocenters. The van der Waals surface area contributed by atoms with E-state index in [1.165, 1.54) is 0 Å². The summed E-state index contributed by atoms with van der Waals surface area (Å²) in [6.45, 7) is 4.05. The van der Waals surface area contributed by atoms with Crippen molar-refractivity contribution in [3.8, 4) is 5.75 Å². The van der Waals surface area contributed by atoms with Crippen molar-refractivity contribution < 1.29 is 4.74 Å². The van der Waals surface area contributed by atoms with Crippen molar-refractivity contribution >= 4 is 16.7 Å². The molecule has 7 nitrogen and oxygen atoms in total. The Hall–Kier alpha value is -3.22. The predicted molar refractivity (Wildman–Crippen MR) is 94.1 cm³/mol. The fourth-order valence-electron chi connectivity index (χ4n) is 3.07. The number of para-hydroxylation sites is 1. The van der Waals surface area contributed by atoms with Crippen LogP contribution < -0.4 is 10.3 Å². The fraction of sp³-hybridized carbons (Fsp3) is 0.222. The molecule has 0 amide bonds. The Morgan fingerprint density at radius 3 is 2.72 bits per heavy atom. The number of nitrogens with zero attached hydrogens (tertiary/aromatic N) is 5. The average molecular weight is 335 g/mol. The van der Waals surface area contributed by atoms with Gasteiger partial charge in [0.15, 0.2) is 0 Å². The maximum atomic E-state index is 13.0. The summed E-state index contributed by atoms with van der Waals surface area (Å²) in [5.41, 5.74) is 2.19. The van der Waals surface area contributed by atoms with Gasteiger partial charge in [-0.2, -0.15) is 9.50 Å². The number of fused-ring (bicyclic) bond motifs is 3. The van der Waals surface area contributed by atoms with Crippen LogP contribution in [0, 0.1) is 13.8 Å². The van der Waals surface area contributed by atoms with Gasteiger partial charge in [0, 0.05) is 11.8 Å². The van der Waals surface area contributed by atoms with Gasteiger partial charge >= 0.3 is 0 Å². The second kappa shape index (κ2) is 5.70. The van der Waals surface area contributed by atoms with Crippen molar-refractivity contribution in [3.05, 3.63) is 64.0 Å². The number of aromatic nitrogens is 5. The first kappa shape index (κ1) is 15.3. The minimum Gasteiger partial charge on any atom is -0.496 e. The lowest BCUT2D eigenvalue weighted by Gasteiger charge is -2.12. The van der Waals surface area contributed by atoms with E-state index in [1.54, 1.807) is 29.3 Å². The SMILES string of the molecule is COc1ccccc1Cn1ccc2c(c(C)nc3nc(C)nn32)c1=O. The van der Waals surface area contributed by atoms with Gasteiger partial charge < -0.3 is 9.30 Å². The lowest BCUT2D eigenvalue weighted by molar-refractivity contribution is 0.408. The van der Waals surface area contributed by atoms with Gasteiger partial charge in [0.05, 0.1) is 30.3 Å². The van der Waals surface area contributed by atoms with Crippen molar-refractivity contribution in [2.24, 2.45) is 0 Å². The van der Waals surface area contributed by atoms with Gasteiger partial charge in [0.1, 0.15) is 11.6 Å². The Labute approximate surface area is 143 Å². The normalized spacial score (nSPS) is 11.3. The number of rotatable bonds is 3. The number of methoxy groups -OCH3 is 1. The monoisotopic (exact) mass is 335 g/mol. The topological polar surface area (TPSA) is 74.3 Å². The molecule has 0 aliphatic rings. The highest BCUT2D eigenvalue weighted by atomic mass is 16.5. The van der Waals surface area contributed by atoms with Crippen molar-refractivity contribution in [2.75, 3.05) is 7.11 Å². The first-order valence-electron chi connectivity index (χ1n) is 7.93. The largest absolute Gasteiger partial charge is 0.496 e. The minimum atomic E-state index is -0.108.